The van der Waals surface area contributed by atoms with Crippen LogP contribution in [-0.4, -0.2) is 159 Å². The monoisotopic (exact) mass is 1030 g/mol. The van der Waals surface area contributed by atoms with E-state index in [1.54, 1.807) is 47.1 Å². The number of carbonyl (C=O) groups excluding carboxylic acids is 4. The number of amides is 1. The van der Waals surface area contributed by atoms with Crippen LogP contribution < -0.4 is 0 Å². The minimum absolute atomic E-state index is 0.0234. The van der Waals surface area contributed by atoms with Gasteiger partial charge in [-0.05, 0) is 114 Å². The summed E-state index contributed by atoms with van der Waals surface area (Å²) >= 11 is 0. The fraction of sp³-hybridized carbons (Fsp3) is 0.732. The van der Waals surface area contributed by atoms with Crippen molar-refractivity contribution in [2.75, 3.05) is 40.6 Å². The van der Waals surface area contributed by atoms with Crippen molar-refractivity contribution in [3.63, 3.8) is 0 Å². The van der Waals surface area contributed by atoms with E-state index in [1.807, 2.05) is 57.2 Å². The smallest absolute Gasteiger partial charge is 0.326 e. The van der Waals surface area contributed by atoms with E-state index in [1.165, 1.54) is 6.92 Å². The molecule has 0 bridgehead atoms. The zero-order valence-electron chi connectivity index (χ0n) is 45.1. The van der Waals surface area contributed by atoms with Gasteiger partial charge in [-0.15, -0.1) is 0 Å². The predicted octanol–water partition coefficient (Wildman–Crippen LogP) is 5.43. The van der Waals surface area contributed by atoms with Crippen molar-refractivity contribution < 1.29 is 78.7 Å². The van der Waals surface area contributed by atoms with Crippen LogP contribution in [0.2, 0.25) is 0 Å². The third-order valence-corrected chi connectivity index (χ3v) is 15.4. The van der Waals surface area contributed by atoms with E-state index < -0.39 is 115 Å². The van der Waals surface area contributed by atoms with Crippen LogP contribution >= 0.6 is 0 Å². The van der Waals surface area contributed by atoms with Crippen molar-refractivity contribution in [2.45, 2.75) is 174 Å². The number of aliphatic carboxylic acids is 1. The molecule has 3 fully saturated rings. The highest BCUT2D eigenvalue weighted by atomic mass is 16.6. The molecule has 1 aliphatic carbocycles. The number of esters is 1. The first-order valence-electron chi connectivity index (χ1n) is 26.3. The van der Waals surface area contributed by atoms with Gasteiger partial charge in [0.1, 0.15) is 23.3 Å². The summed E-state index contributed by atoms with van der Waals surface area (Å²) in [5, 5.41) is 72.9. The van der Waals surface area contributed by atoms with Crippen molar-refractivity contribution in [3.05, 3.63) is 59.8 Å². The van der Waals surface area contributed by atoms with Crippen molar-refractivity contribution >= 4 is 29.4 Å². The number of piperidine rings is 1. The van der Waals surface area contributed by atoms with Crippen LogP contribution in [0.4, 0.5) is 0 Å². The van der Waals surface area contributed by atoms with E-state index in [9.17, 15) is 59.7 Å². The van der Waals surface area contributed by atoms with E-state index in [2.05, 4.69) is 6.92 Å². The zero-order valence-corrected chi connectivity index (χ0v) is 45.1. The van der Waals surface area contributed by atoms with Gasteiger partial charge in [0, 0.05) is 44.9 Å². The molecule has 0 radical (unpaired) electrons. The number of likely N-dealkylation sites (tertiary alicyclic amines) is 1. The van der Waals surface area contributed by atoms with Crippen molar-refractivity contribution in [1.29, 1.82) is 0 Å². The maximum absolute atomic E-state index is 13.6. The molecule has 0 aromatic carbocycles. The number of ether oxygens (including phenoxy) is 4. The predicted molar refractivity (Wildman–Crippen MR) is 274 cm³/mol. The van der Waals surface area contributed by atoms with Gasteiger partial charge in [0.2, 0.25) is 5.79 Å². The number of rotatable bonds is 28. The lowest BCUT2D eigenvalue weighted by Gasteiger charge is -2.42. The minimum Gasteiger partial charge on any atom is -0.480 e. The minimum atomic E-state index is -2.39. The summed E-state index contributed by atoms with van der Waals surface area (Å²) in [6, 6.07) is -1.13. The highest BCUT2D eigenvalue weighted by Crippen LogP contribution is 2.37. The number of carboxylic acids is 1. The Balaban J connectivity index is 1.50. The van der Waals surface area contributed by atoms with E-state index in [-0.39, 0.29) is 42.6 Å². The summed E-state index contributed by atoms with van der Waals surface area (Å²) in [5.74, 6) is -8.94. The lowest BCUT2D eigenvalue weighted by Crippen LogP contribution is -2.60. The van der Waals surface area contributed by atoms with Gasteiger partial charge in [0.05, 0.1) is 56.3 Å². The summed E-state index contributed by atoms with van der Waals surface area (Å²) in [4.78, 5) is 65.8. The number of aliphatic hydroxyl groups is 6. The molecule has 0 aromatic heterocycles. The highest BCUT2D eigenvalue weighted by Gasteiger charge is 2.53. The Morgan fingerprint density at radius 2 is 1.52 bits per heavy atom. The second-order valence-electron chi connectivity index (χ2n) is 21.6. The number of ketones is 2. The van der Waals surface area contributed by atoms with Gasteiger partial charge >= 0.3 is 11.9 Å². The number of aliphatic hydroxyl groups excluding tert-OH is 5. The van der Waals surface area contributed by atoms with Gasteiger partial charge in [-0.1, -0.05) is 83.2 Å². The third kappa shape index (κ3) is 17.8. The molecule has 3 rings (SSSR count). The first-order valence-corrected chi connectivity index (χ1v) is 26.3. The fourth-order valence-corrected chi connectivity index (χ4v) is 10.3. The first-order chi connectivity index (χ1) is 34.4. The van der Waals surface area contributed by atoms with Crippen molar-refractivity contribution in [2.24, 2.45) is 46.8 Å². The molecule has 1 saturated carbocycles. The average Bonchev–Trinajstić information content (AvgIpc) is 3.37. The number of hydrogen-bond donors (Lipinski definition) is 7. The Morgan fingerprint density at radius 3 is 2.14 bits per heavy atom. The molecular weight excluding hydrogens is 943 g/mol. The summed E-state index contributed by atoms with van der Waals surface area (Å²) in [6.45, 7) is 12.8. The Hall–Kier alpha value is -3.91. The molecule has 17 nitrogen and oxygen atoms in total. The molecule has 2 heterocycles. The Kier molecular flexibility index (Phi) is 26.0. The Morgan fingerprint density at radius 1 is 0.836 bits per heavy atom. The first kappa shape index (κ1) is 63.4. The van der Waals surface area contributed by atoms with Gasteiger partial charge in [-0.3, -0.25) is 19.2 Å². The largest absolute Gasteiger partial charge is 0.480 e. The Bertz CT molecular complexity index is 1960. The van der Waals surface area contributed by atoms with Crippen LogP contribution in [0.25, 0.3) is 0 Å². The molecule has 1 amide bonds. The SMILES string of the molecule is COC(CC1CCC(C)C(O)(C(=O)C(=O)N2CCCCC2C(=O)O)O1)/C(C)=C/C=C/C=C/C(C)CC(C)C(=O)C(CO)C(O)/C(C)=C/C(C)C(O)/C=C/C(C)CC1CCC(OC(=O)C(C)(CO)CO)C(OC)C1. The summed E-state index contributed by atoms with van der Waals surface area (Å²) in [5.41, 5.74) is -0.0648. The van der Waals surface area contributed by atoms with Crippen molar-refractivity contribution in [1.82, 2.24) is 4.90 Å². The normalized spacial score (nSPS) is 28.1. The highest BCUT2D eigenvalue weighted by molar-refractivity contribution is 6.39. The molecule has 2 saturated heterocycles. The zero-order chi connectivity index (χ0) is 54.8. The molecule has 3 aliphatic rings. The number of allylic oxidation sites excluding steroid dienone is 6. The molecule has 15 unspecified atom stereocenters. The van der Waals surface area contributed by atoms with Crippen LogP contribution in [0.15, 0.2) is 59.8 Å². The molecule has 7 N–H and O–H groups in total. The molecule has 0 spiro atoms. The van der Waals surface area contributed by atoms with Crippen LogP contribution in [-0.2, 0) is 42.9 Å². The molecule has 15 atom stereocenters. The molecule has 414 valence electrons. The van der Waals surface area contributed by atoms with Crippen LogP contribution in [0.1, 0.15) is 126 Å². The summed E-state index contributed by atoms with van der Waals surface area (Å²) in [6.07, 6.45) is 16.8. The maximum atomic E-state index is 13.6. The van der Waals surface area contributed by atoms with E-state index in [0.717, 1.165) is 23.3 Å². The molecule has 0 aromatic rings. The van der Waals surface area contributed by atoms with Gasteiger partial charge in [-0.2, -0.15) is 0 Å². The van der Waals surface area contributed by atoms with E-state index in [4.69, 9.17) is 18.9 Å². The van der Waals surface area contributed by atoms with Gasteiger partial charge < -0.3 is 59.6 Å². The standard InChI is InChI=1S/C56H89NO16/c1-34(16-12-11-13-17-36(3)47(70-9)30-42-22-20-40(7)56(69,73-42)51(64)52(65)57-25-15-14-18-44(57)53(66)67)26-38(5)49(62)43(31-58)50(63)39(6)28-37(4)45(61)23-19-35(2)27-41-21-24-46(48(29-41)71-10)72-54(68)55(8,32-59)33-60/h11-13,16-17,19,23,28,34-35,37-38,40-48,50,58-61,63,69H,14-15,18,20-22,24-27,29-33H2,1-10H3,(H,66,67)/b13-11+,16-12+,23-19+,36-17+,39-28+. The molecular formula is C56H89NO16. The summed E-state index contributed by atoms with van der Waals surface area (Å²) < 4.78 is 23.1. The van der Waals surface area contributed by atoms with E-state index >= 15 is 0 Å². The number of nitrogens with zero attached hydrogens (tertiary/aromatic N) is 1. The molecule has 17 heteroatoms. The number of methoxy groups -OCH3 is 2. The molecule has 2 aliphatic heterocycles. The van der Waals surface area contributed by atoms with E-state index in [0.29, 0.717) is 56.9 Å². The number of carbonyl (C=O) groups is 5. The lowest BCUT2D eigenvalue weighted by molar-refractivity contribution is -0.265. The second kappa shape index (κ2) is 30.0. The maximum Gasteiger partial charge on any atom is 0.326 e. The third-order valence-electron chi connectivity index (χ3n) is 15.4. The summed E-state index contributed by atoms with van der Waals surface area (Å²) in [7, 11) is 3.12. The van der Waals surface area contributed by atoms with Crippen LogP contribution in [0, 0.1) is 46.8 Å². The number of carboxylic acid groups (broad SMARTS) is 1. The van der Waals surface area contributed by atoms with Crippen LogP contribution in [0.5, 0.6) is 0 Å². The number of Topliss-reactive ketones (excluding diaryl/α,β-unsaturated/α-hetero) is 2. The fourth-order valence-electron chi connectivity index (χ4n) is 10.3. The van der Waals surface area contributed by atoms with Gasteiger partial charge in [0.15, 0.2) is 0 Å². The van der Waals surface area contributed by atoms with Crippen molar-refractivity contribution in [3.8, 4) is 0 Å². The number of hydrogen-bond acceptors (Lipinski definition) is 15. The second-order valence-corrected chi connectivity index (χ2v) is 21.6. The lowest BCUT2D eigenvalue weighted by atomic mass is 9.80. The average molecular weight is 1030 g/mol. The van der Waals surface area contributed by atoms with Crippen LogP contribution in [0.3, 0.4) is 0 Å². The quantitative estimate of drug-likeness (QED) is 0.0223. The Labute approximate surface area is 433 Å². The van der Waals surface area contributed by atoms with Gasteiger partial charge in [-0.25, -0.2) is 4.79 Å². The van der Waals surface area contributed by atoms with Gasteiger partial charge in [0.25, 0.3) is 11.7 Å². The topological polar surface area (TPSA) is 267 Å². The molecule has 73 heavy (non-hydrogen) atoms.